The maximum absolute atomic E-state index is 6.27. The number of pyridine rings is 1. The summed E-state index contributed by atoms with van der Waals surface area (Å²) in [5.74, 6) is 1.36. The van der Waals surface area contributed by atoms with Crippen LogP contribution in [0.15, 0.2) is 18.5 Å². The average molecular weight is 250 g/mol. The van der Waals surface area contributed by atoms with Gasteiger partial charge in [0, 0.05) is 13.3 Å². The highest BCUT2D eigenvalue weighted by Gasteiger charge is 2.36. The summed E-state index contributed by atoms with van der Waals surface area (Å²) >= 11 is 0. The van der Waals surface area contributed by atoms with Gasteiger partial charge in [0.25, 0.3) is 0 Å². The van der Waals surface area contributed by atoms with Crippen LogP contribution in [-0.4, -0.2) is 24.3 Å². The third-order valence-electron chi connectivity index (χ3n) is 3.20. The molecule has 0 saturated heterocycles. The van der Waals surface area contributed by atoms with Crippen LogP contribution in [0, 0.1) is 5.92 Å². The summed E-state index contributed by atoms with van der Waals surface area (Å²) in [4.78, 5) is 4.19. The van der Waals surface area contributed by atoms with Gasteiger partial charge in [-0.05, 0) is 44.2 Å². The fraction of sp³-hybridized carbons (Fsp3) is 0.643. The molecule has 100 valence electrons. The molecule has 0 aliphatic heterocycles. The molecule has 4 heteroatoms. The zero-order valence-corrected chi connectivity index (χ0v) is 11.3. The van der Waals surface area contributed by atoms with Crippen LogP contribution in [-0.2, 0) is 4.74 Å². The van der Waals surface area contributed by atoms with Crippen molar-refractivity contribution in [1.29, 1.82) is 0 Å². The highest BCUT2D eigenvalue weighted by atomic mass is 16.5. The molecule has 18 heavy (non-hydrogen) atoms. The van der Waals surface area contributed by atoms with Crippen LogP contribution in [0.3, 0.4) is 0 Å². The minimum absolute atomic E-state index is 0.0844. The van der Waals surface area contributed by atoms with E-state index in [4.69, 9.17) is 15.2 Å². The molecule has 2 atom stereocenters. The SMILES string of the molecule is COC(C1CC1)C(N)c1cncc(OC(C)C)c1. The molecule has 0 amide bonds. The van der Waals surface area contributed by atoms with E-state index >= 15 is 0 Å². The standard InChI is InChI=1S/C14H22N2O2/c1-9(2)18-12-6-11(7-16-8-12)13(15)14(17-3)10-4-5-10/h6-10,13-14H,4-5,15H2,1-3H3. The lowest BCUT2D eigenvalue weighted by molar-refractivity contribution is 0.0622. The summed E-state index contributed by atoms with van der Waals surface area (Å²) < 4.78 is 11.2. The quantitative estimate of drug-likeness (QED) is 0.841. The molecule has 1 heterocycles. The molecule has 0 bridgehead atoms. The van der Waals surface area contributed by atoms with Crippen molar-refractivity contribution in [3.8, 4) is 5.75 Å². The van der Waals surface area contributed by atoms with E-state index in [1.54, 1.807) is 19.5 Å². The zero-order chi connectivity index (χ0) is 13.1. The van der Waals surface area contributed by atoms with E-state index < -0.39 is 0 Å². The first-order valence-electron chi connectivity index (χ1n) is 6.51. The molecule has 1 aliphatic carbocycles. The van der Waals surface area contributed by atoms with E-state index in [0.717, 1.165) is 11.3 Å². The lowest BCUT2D eigenvalue weighted by Crippen LogP contribution is -2.30. The highest BCUT2D eigenvalue weighted by molar-refractivity contribution is 5.27. The lowest BCUT2D eigenvalue weighted by Gasteiger charge is -2.23. The molecule has 0 aromatic carbocycles. The van der Waals surface area contributed by atoms with Crippen molar-refractivity contribution < 1.29 is 9.47 Å². The van der Waals surface area contributed by atoms with Crippen LogP contribution in [0.5, 0.6) is 5.75 Å². The summed E-state index contributed by atoms with van der Waals surface area (Å²) in [5, 5.41) is 0. The highest BCUT2D eigenvalue weighted by Crippen LogP contribution is 2.39. The molecule has 1 aromatic heterocycles. The summed E-state index contributed by atoms with van der Waals surface area (Å²) in [6.07, 6.45) is 6.16. The average Bonchev–Trinajstić information content (AvgIpc) is 3.14. The number of aromatic nitrogens is 1. The lowest BCUT2D eigenvalue weighted by atomic mass is 10.0. The Balaban J connectivity index is 2.11. The van der Waals surface area contributed by atoms with Crippen LogP contribution >= 0.6 is 0 Å². The molecule has 1 saturated carbocycles. The normalized spacial score (nSPS) is 18.7. The number of ether oxygens (including phenoxy) is 2. The van der Waals surface area contributed by atoms with Gasteiger partial charge >= 0.3 is 0 Å². The van der Waals surface area contributed by atoms with Crippen LogP contribution in [0.1, 0.15) is 38.3 Å². The number of nitrogens with zero attached hydrogens (tertiary/aromatic N) is 1. The fourth-order valence-electron chi connectivity index (χ4n) is 2.20. The summed E-state index contributed by atoms with van der Waals surface area (Å²) in [6.45, 7) is 3.99. The Morgan fingerprint density at radius 1 is 1.33 bits per heavy atom. The van der Waals surface area contributed by atoms with Crippen LogP contribution in [0.25, 0.3) is 0 Å². The van der Waals surface area contributed by atoms with Gasteiger partial charge in [0.15, 0.2) is 0 Å². The van der Waals surface area contributed by atoms with E-state index in [0.29, 0.717) is 5.92 Å². The van der Waals surface area contributed by atoms with Gasteiger partial charge < -0.3 is 15.2 Å². The van der Waals surface area contributed by atoms with Gasteiger partial charge in [0.05, 0.1) is 24.4 Å². The molecule has 1 aliphatic rings. The Bertz CT molecular complexity index is 391. The van der Waals surface area contributed by atoms with Crippen LogP contribution in [0.2, 0.25) is 0 Å². The van der Waals surface area contributed by atoms with Crippen molar-refractivity contribution in [2.24, 2.45) is 11.7 Å². The Kier molecular flexibility index (Phi) is 4.19. The first kappa shape index (κ1) is 13.3. The van der Waals surface area contributed by atoms with Crippen molar-refractivity contribution in [2.75, 3.05) is 7.11 Å². The number of nitrogens with two attached hydrogens (primary N) is 1. The predicted molar refractivity (Wildman–Crippen MR) is 70.5 cm³/mol. The third kappa shape index (κ3) is 3.21. The second kappa shape index (κ2) is 5.67. The number of hydrogen-bond donors (Lipinski definition) is 1. The van der Waals surface area contributed by atoms with E-state index in [9.17, 15) is 0 Å². The molecule has 0 spiro atoms. The largest absolute Gasteiger partial charge is 0.489 e. The summed E-state index contributed by atoms with van der Waals surface area (Å²) in [5.41, 5.74) is 7.25. The van der Waals surface area contributed by atoms with Gasteiger partial charge in [-0.15, -0.1) is 0 Å². The summed E-state index contributed by atoms with van der Waals surface area (Å²) in [6, 6.07) is 1.83. The van der Waals surface area contributed by atoms with Gasteiger partial charge in [0.2, 0.25) is 0 Å². The fourth-order valence-corrected chi connectivity index (χ4v) is 2.20. The van der Waals surface area contributed by atoms with E-state index in [2.05, 4.69) is 4.98 Å². The summed E-state index contributed by atoms with van der Waals surface area (Å²) in [7, 11) is 1.73. The maximum Gasteiger partial charge on any atom is 0.138 e. The topological polar surface area (TPSA) is 57.4 Å². The second-order valence-electron chi connectivity index (χ2n) is 5.18. The van der Waals surface area contributed by atoms with Crippen molar-refractivity contribution in [3.63, 3.8) is 0 Å². The van der Waals surface area contributed by atoms with E-state index in [1.165, 1.54) is 12.8 Å². The number of hydrogen-bond acceptors (Lipinski definition) is 4. The van der Waals surface area contributed by atoms with Crippen molar-refractivity contribution in [3.05, 3.63) is 24.0 Å². The Morgan fingerprint density at radius 3 is 2.61 bits per heavy atom. The molecule has 2 unspecified atom stereocenters. The van der Waals surface area contributed by atoms with Gasteiger partial charge in [-0.25, -0.2) is 0 Å². The Hall–Kier alpha value is -1.13. The van der Waals surface area contributed by atoms with Crippen molar-refractivity contribution >= 4 is 0 Å². The molecule has 4 nitrogen and oxygen atoms in total. The smallest absolute Gasteiger partial charge is 0.138 e. The van der Waals surface area contributed by atoms with Gasteiger partial charge in [-0.2, -0.15) is 0 Å². The predicted octanol–water partition coefficient (Wildman–Crippen LogP) is 2.29. The first-order chi connectivity index (χ1) is 8.61. The third-order valence-corrected chi connectivity index (χ3v) is 3.20. The van der Waals surface area contributed by atoms with E-state index in [1.807, 2.05) is 19.9 Å². The first-order valence-corrected chi connectivity index (χ1v) is 6.51. The number of methoxy groups -OCH3 is 1. The molecular formula is C14H22N2O2. The minimum Gasteiger partial charge on any atom is -0.489 e. The Labute approximate surface area is 108 Å². The molecule has 2 N–H and O–H groups in total. The molecule has 2 rings (SSSR count). The van der Waals surface area contributed by atoms with Gasteiger partial charge in [0.1, 0.15) is 5.75 Å². The monoisotopic (exact) mass is 250 g/mol. The number of rotatable bonds is 6. The van der Waals surface area contributed by atoms with Gasteiger partial charge in [-0.1, -0.05) is 0 Å². The van der Waals surface area contributed by atoms with E-state index in [-0.39, 0.29) is 18.2 Å². The molecular weight excluding hydrogens is 228 g/mol. The van der Waals surface area contributed by atoms with Crippen molar-refractivity contribution in [1.82, 2.24) is 4.98 Å². The van der Waals surface area contributed by atoms with Crippen molar-refractivity contribution in [2.45, 2.75) is 44.9 Å². The minimum atomic E-state index is -0.134. The molecule has 1 fully saturated rings. The van der Waals surface area contributed by atoms with Gasteiger partial charge in [-0.3, -0.25) is 4.98 Å². The van der Waals surface area contributed by atoms with Crippen LogP contribution in [0.4, 0.5) is 0 Å². The second-order valence-corrected chi connectivity index (χ2v) is 5.18. The maximum atomic E-state index is 6.27. The molecule has 1 aromatic rings. The zero-order valence-electron chi connectivity index (χ0n) is 11.3. The molecule has 0 radical (unpaired) electrons. The van der Waals surface area contributed by atoms with Crippen LogP contribution < -0.4 is 10.5 Å². The Morgan fingerprint density at radius 2 is 2.06 bits per heavy atom.